The van der Waals surface area contributed by atoms with Crippen molar-refractivity contribution in [3.05, 3.63) is 0 Å². The van der Waals surface area contributed by atoms with E-state index in [0.29, 0.717) is 6.61 Å². The predicted molar refractivity (Wildman–Crippen MR) is 40.9 cm³/mol. The van der Waals surface area contributed by atoms with E-state index in [4.69, 9.17) is 4.74 Å². The number of hydrogen-bond donors (Lipinski definition) is 1. The molecule has 0 spiro atoms. The number of carbonyl (C=O) groups is 1. The first-order chi connectivity index (χ1) is 4.84. The highest BCUT2D eigenvalue weighted by atomic mass is 32.2. The summed E-state index contributed by atoms with van der Waals surface area (Å²) in [6.45, 7) is 2.29. The monoisotopic (exact) mass is 161 g/mol. The first-order valence-electron chi connectivity index (χ1n) is 3.32. The van der Waals surface area contributed by atoms with Crippen LogP contribution >= 0.6 is 11.8 Å². The topological polar surface area (TPSA) is 38.3 Å². The quantitative estimate of drug-likeness (QED) is 0.588. The van der Waals surface area contributed by atoms with E-state index in [0.717, 1.165) is 11.6 Å². The largest absolute Gasteiger partial charge is 0.465 e. The average molecular weight is 161 g/mol. The zero-order chi connectivity index (χ0) is 7.40. The Labute approximate surface area is 64.5 Å². The van der Waals surface area contributed by atoms with Crippen LogP contribution in [0.15, 0.2) is 0 Å². The van der Waals surface area contributed by atoms with Crippen LogP contribution in [0.1, 0.15) is 6.92 Å². The predicted octanol–water partition coefficient (Wildman–Crippen LogP) is 0.212. The van der Waals surface area contributed by atoms with Crippen molar-refractivity contribution in [1.29, 1.82) is 0 Å². The Balaban J connectivity index is 2.25. The van der Waals surface area contributed by atoms with Crippen molar-refractivity contribution in [1.82, 2.24) is 5.32 Å². The molecule has 1 aliphatic rings. The standard InChI is InChI=1S/C6H11NO2S/c1-2-9-6(8)5-3-10-4-7-5/h5,7H,2-4H2,1H3/t5-/m0/s1. The Morgan fingerprint density at radius 3 is 3.20 bits per heavy atom. The summed E-state index contributed by atoms with van der Waals surface area (Å²) >= 11 is 1.72. The second-order valence-corrected chi connectivity index (χ2v) is 3.05. The normalized spacial score (nSPS) is 24.7. The number of thioether (sulfide) groups is 1. The van der Waals surface area contributed by atoms with Gasteiger partial charge in [-0.3, -0.25) is 10.1 Å². The Bertz CT molecular complexity index is 123. The van der Waals surface area contributed by atoms with E-state index in [-0.39, 0.29) is 12.0 Å². The highest BCUT2D eigenvalue weighted by Crippen LogP contribution is 2.10. The lowest BCUT2D eigenvalue weighted by Gasteiger charge is -2.06. The molecule has 1 aliphatic heterocycles. The van der Waals surface area contributed by atoms with Gasteiger partial charge in [-0.2, -0.15) is 0 Å². The van der Waals surface area contributed by atoms with Crippen molar-refractivity contribution >= 4 is 17.7 Å². The van der Waals surface area contributed by atoms with Crippen LogP contribution in [0, 0.1) is 0 Å². The van der Waals surface area contributed by atoms with Gasteiger partial charge in [0.1, 0.15) is 6.04 Å². The van der Waals surface area contributed by atoms with Crippen LogP contribution in [0.4, 0.5) is 0 Å². The van der Waals surface area contributed by atoms with Crippen LogP contribution in [0.2, 0.25) is 0 Å². The van der Waals surface area contributed by atoms with Gasteiger partial charge >= 0.3 is 5.97 Å². The third kappa shape index (κ3) is 1.88. The van der Waals surface area contributed by atoms with Crippen molar-refractivity contribution in [3.8, 4) is 0 Å². The molecular formula is C6H11NO2S. The van der Waals surface area contributed by atoms with Crippen molar-refractivity contribution in [2.75, 3.05) is 18.2 Å². The van der Waals surface area contributed by atoms with E-state index >= 15 is 0 Å². The summed E-state index contributed by atoms with van der Waals surface area (Å²) in [6, 6.07) is -0.0649. The molecule has 0 saturated carbocycles. The maximum atomic E-state index is 10.9. The minimum atomic E-state index is -0.118. The van der Waals surface area contributed by atoms with Gasteiger partial charge in [-0.15, -0.1) is 11.8 Å². The van der Waals surface area contributed by atoms with Gasteiger partial charge in [-0.05, 0) is 6.92 Å². The number of hydrogen-bond acceptors (Lipinski definition) is 4. The SMILES string of the molecule is CCOC(=O)[C@@H]1CSCN1. The van der Waals surface area contributed by atoms with Crippen LogP contribution in [0.25, 0.3) is 0 Å². The van der Waals surface area contributed by atoms with E-state index in [1.54, 1.807) is 11.8 Å². The van der Waals surface area contributed by atoms with E-state index in [9.17, 15) is 4.79 Å². The maximum Gasteiger partial charge on any atom is 0.324 e. The summed E-state index contributed by atoms with van der Waals surface area (Å²) in [5.41, 5.74) is 0. The fraction of sp³-hybridized carbons (Fsp3) is 0.833. The lowest BCUT2D eigenvalue weighted by atomic mass is 10.3. The lowest BCUT2D eigenvalue weighted by molar-refractivity contribution is -0.144. The molecule has 0 radical (unpaired) electrons. The summed E-state index contributed by atoms with van der Waals surface area (Å²) in [5.74, 6) is 1.59. The molecule has 0 amide bonds. The third-order valence-corrected chi connectivity index (χ3v) is 2.23. The highest BCUT2D eigenvalue weighted by molar-refractivity contribution is 7.99. The van der Waals surface area contributed by atoms with E-state index in [1.807, 2.05) is 6.92 Å². The number of ether oxygens (including phenoxy) is 1. The molecular weight excluding hydrogens is 150 g/mol. The third-order valence-electron chi connectivity index (χ3n) is 1.29. The van der Waals surface area contributed by atoms with Crippen molar-refractivity contribution in [3.63, 3.8) is 0 Å². The van der Waals surface area contributed by atoms with Gasteiger partial charge in [-0.25, -0.2) is 0 Å². The molecule has 1 saturated heterocycles. The molecule has 0 aromatic heterocycles. The first-order valence-corrected chi connectivity index (χ1v) is 4.48. The molecule has 0 aliphatic carbocycles. The second kappa shape index (κ2) is 3.83. The second-order valence-electron chi connectivity index (χ2n) is 2.02. The first kappa shape index (κ1) is 7.88. The molecule has 0 aromatic carbocycles. The van der Waals surface area contributed by atoms with E-state index < -0.39 is 0 Å². The van der Waals surface area contributed by atoms with Crippen LogP contribution < -0.4 is 5.32 Å². The van der Waals surface area contributed by atoms with Gasteiger partial charge in [0.2, 0.25) is 0 Å². The molecule has 1 N–H and O–H groups in total. The molecule has 4 heteroatoms. The van der Waals surface area contributed by atoms with Gasteiger partial charge in [-0.1, -0.05) is 0 Å². The number of carbonyl (C=O) groups excluding carboxylic acids is 1. The van der Waals surface area contributed by atoms with Gasteiger partial charge < -0.3 is 4.74 Å². The summed E-state index contributed by atoms with van der Waals surface area (Å²) in [5, 5.41) is 3.03. The van der Waals surface area contributed by atoms with Crippen LogP contribution in [0.5, 0.6) is 0 Å². The minimum absolute atomic E-state index is 0.0649. The molecule has 1 fully saturated rings. The van der Waals surface area contributed by atoms with Crippen LogP contribution in [-0.4, -0.2) is 30.2 Å². The minimum Gasteiger partial charge on any atom is -0.465 e. The van der Waals surface area contributed by atoms with Crippen molar-refractivity contribution in [2.45, 2.75) is 13.0 Å². The number of esters is 1. The molecule has 1 atom stereocenters. The Kier molecular flexibility index (Phi) is 3.02. The average Bonchev–Trinajstić information content (AvgIpc) is 2.38. The van der Waals surface area contributed by atoms with E-state index in [2.05, 4.69) is 5.32 Å². The zero-order valence-corrected chi connectivity index (χ0v) is 6.74. The van der Waals surface area contributed by atoms with Crippen molar-refractivity contribution in [2.24, 2.45) is 0 Å². The highest BCUT2D eigenvalue weighted by Gasteiger charge is 2.22. The fourth-order valence-electron chi connectivity index (χ4n) is 0.789. The summed E-state index contributed by atoms with van der Waals surface area (Å²) < 4.78 is 4.81. The summed E-state index contributed by atoms with van der Waals surface area (Å²) in [6.07, 6.45) is 0. The van der Waals surface area contributed by atoms with Crippen molar-refractivity contribution < 1.29 is 9.53 Å². The van der Waals surface area contributed by atoms with Gasteiger partial charge in [0, 0.05) is 11.6 Å². The molecule has 1 rings (SSSR count). The maximum absolute atomic E-state index is 10.9. The fourth-order valence-corrected chi connectivity index (χ4v) is 1.72. The zero-order valence-electron chi connectivity index (χ0n) is 5.92. The smallest absolute Gasteiger partial charge is 0.324 e. The molecule has 0 aromatic rings. The van der Waals surface area contributed by atoms with Gasteiger partial charge in [0.25, 0.3) is 0 Å². The van der Waals surface area contributed by atoms with Crippen LogP contribution in [0.3, 0.4) is 0 Å². The number of nitrogens with one attached hydrogen (secondary N) is 1. The Morgan fingerprint density at radius 2 is 2.70 bits per heavy atom. The molecule has 10 heavy (non-hydrogen) atoms. The molecule has 1 heterocycles. The summed E-state index contributed by atoms with van der Waals surface area (Å²) in [7, 11) is 0. The van der Waals surface area contributed by atoms with E-state index in [1.165, 1.54) is 0 Å². The number of rotatable bonds is 2. The Morgan fingerprint density at radius 1 is 1.90 bits per heavy atom. The summed E-state index contributed by atoms with van der Waals surface area (Å²) in [4.78, 5) is 10.9. The van der Waals surface area contributed by atoms with Crippen LogP contribution in [-0.2, 0) is 9.53 Å². The molecule has 3 nitrogen and oxygen atoms in total. The van der Waals surface area contributed by atoms with Gasteiger partial charge in [0.15, 0.2) is 0 Å². The Hall–Kier alpha value is -0.220. The van der Waals surface area contributed by atoms with Gasteiger partial charge in [0.05, 0.1) is 6.61 Å². The molecule has 58 valence electrons. The molecule has 0 bridgehead atoms. The lowest BCUT2D eigenvalue weighted by Crippen LogP contribution is -2.34. The molecule has 0 unspecified atom stereocenters.